The average molecular weight is 340 g/mol. The molecule has 2 aromatic rings. The molecule has 0 bridgehead atoms. The molecule has 0 heterocycles. The molecule has 0 aromatic heterocycles. The maximum Gasteiger partial charge on any atom is 0.220 e. The number of ether oxygens (including phenoxy) is 1. The quantitative estimate of drug-likeness (QED) is 0.798. The van der Waals surface area contributed by atoms with Crippen molar-refractivity contribution in [3.63, 3.8) is 0 Å². The van der Waals surface area contributed by atoms with Gasteiger partial charge in [0.2, 0.25) is 5.91 Å². The zero-order valence-electron chi connectivity index (χ0n) is 15.5. The van der Waals surface area contributed by atoms with Crippen LogP contribution in [0.3, 0.4) is 0 Å². The van der Waals surface area contributed by atoms with Crippen molar-refractivity contribution in [2.75, 3.05) is 27.7 Å². The van der Waals surface area contributed by atoms with Crippen molar-refractivity contribution in [2.24, 2.45) is 0 Å². The van der Waals surface area contributed by atoms with Gasteiger partial charge in [0.25, 0.3) is 0 Å². The number of likely N-dealkylation sites (N-methyl/N-ethyl adjacent to an activating group) is 1. The lowest BCUT2D eigenvalue weighted by Gasteiger charge is -2.25. The third-order valence-corrected chi connectivity index (χ3v) is 4.45. The lowest BCUT2D eigenvalue weighted by atomic mass is 9.97. The van der Waals surface area contributed by atoms with Crippen LogP contribution in [-0.4, -0.2) is 38.6 Å². The SMILES string of the molecule is COc1cccc(C(CNC(=O)CC(C)c2ccccc2)N(C)C)c1. The number of rotatable bonds is 8. The van der Waals surface area contributed by atoms with E-state index >= 15 is 0 Å². The fourth-order valence-corrected chi connectivity index (χ4v) is 2.91. The Morgan fingerprint density at radius 1 is 1.08 bits per heavy atom. The second-order valence-electron chi connectivity index (χ2n) is 6.58. The maximum atomic E-state index is 12.4. The average Bonchev–Trinajstić information content (AvgIpc) is 2.62. The first-order valence-corrected chi connectivity index (χ1v) is 8.63. The predicted octanol–water partition coefficient (Wildman–Crippen LogP) is 3.61. The van der Waals surface area contributed by atoms with Gasteiger partial charge in [0, 0.05) is 13.0 Å². The van der Waals surface area contributed by atoms with E-state index in [4.69, 9.17) is 4.74 Å². The minimum absolute atomic E-state index is 0.0751. The summed E-state index contributed by atoms with van der Waals surface area (Å²) in [6.45, 7) is 2.65. The number of amides is 1. The van der Waals surface area contributed by atoms with Gasteiger partial charge in [-0.1, -0.05) is 49.4 Å². The maximum absolute atomic E-state index is 12.4. The largest absolute Gasteiger partial charge is 0.497 e. The molecule has 0 spiro atoms. The van der Waals surface area contributed by atoms with Crippen molar-refractivity contribution in [3.8, 4) is 5.75 Å². The van der Waals surface area contributed by atoms with Crippen LogP contribution in [0.15, 0.2) is 54.6 Å². The monoisotopic (exact) mass is 340 g/mol. The van der Waals surface area contributed by atoms with Crippen molar-refractivity contribution in [2.45, 2.75) is 25.3 Å². The van der Waals surface area contributed by atoms with Gasteiger partial charge in [-0.25, -0.2) is 0 Å². The van der Waals surface area contributed by atoms with Crippen molar-refractivity contribution in [1.29, 1.82) is 0 Å². The molecule has 0 aliphatic heterocycles. The highest BCUT2D eigenvalue weighted by molar-refractivity contribution is 5.76. The number of hydrogen-bond acceptors (Lipinski definition) is 3. The highest BCUT2D eigenvalue weighted by Crippen LogP contribution is 2.22. The molecule has 1 N–H and O–H groups in total. The molecule has 2 aromatic carbocycles. The van der Waals surface area contributed by atoms with E-state index in [2.05, 4.69) is 35.3 Å². The van der Waals surface area contributed by atoms with E-state index in [0.717, 1.165) is 11.3 Å². The summed E-state index contributed by atoms with van der Waals surface area (Å²) >= 11 is 0. The summed E-state index contributed by atoms with van der Waals surface area (Å²) < 4.78 is 5.31. The standard InChI is InChI=1S/C21H28N2O2/c1-16(17-9-6-5-7-10-17)13-21(24)22-15-20(23(2)3)18-11-8-12-19(14-18)25-4/h5-12,14,16,20H,13,15H2,1-4H3,(H,22,24). The van der Waals surface area contributed by atoms with Crippen molar-refractivity contribution < 1.29 is 9.53 Å². The predicted molar refractivity (Wildman–Crippen MR) is 102 cm³/mol. The van der Waals surface area contributed by atoms with Crippen LogP contribution in [0.2, 0.25) is 0 Å². The zero-order chi connectivity index (χ0) is 18.2. The van der Waals surface area contributed by atoms with Crippen LogP contribution in [0.1, 0.15) is 36.4 Å². The molecule has 0 saturated carbocycles. The minimum atomic E-state index is 0.0751. The zero-order valence-corrected chi connectivity index (χ0v) is 15.5. The molecular formula is C21H28N2O2. The van der Waals surface area contributed by atoms with Crippen molar-refractivity contribution in [1.82, 2.24) is 10.2 Å². The van der Waals surface area contributed by atoms with Gasteiger partial charge in [-0.2, -0.15) is 0 Å². The van der Waals surface area contributed by atoms with E-state index in [9.17, 15) is 4.79 Å². The molecule has 0 radical (unpaired) electrons. The van der Waals surface area contributed by atoms with Crippen molar-refractivity contribution >= 4 is 5.91 Å². The molecule has 0 saturated heterocycles. The number of benzene rings is 2. The minimum Gasteiger partial charge on any atom is -0.497 e. The summed E-state index contributed by atoms with van der Waals surface area (Å²) in [4.78, 5) is 14.5. The summed E-state index contributed by atoms with van der Waals surface area (Å²) in [5, 5.41) is 3.08. The molecule has 4 nitrogen and oxygen atoms in total. The summed E-state index contributed by atoms with van der Waals surface area (Å²) in [6, 6.07) is 18.2. The van der Waals surface area contributed by atoms with Crippen LogP contribution < -0.4 is 10.1 Å². The summed E-state index contributed by atoms with van der Waals surface area (Å²) in [5.74, 6) is 1.11. The van der Waals surface area contributed by atoms with Gasteiger partial charge in [-0.3, -0.25) is 4.79 Å². The molecule has 0 aliphatic rings. The van der Waals surface area contributed by atoms with Gasteiger partial charge in [0.15, 0.2) is 0 Å². The van der Waals surface area contributed by atoms with E-state index in [1.165, 1.54) is 5.56 Å². The van der Waals surface area contributed by atoms with E-state index in [-0.39, 0.29) is 17.9 Å². The topological polar surface area (TPSA) is 41.6 Å². The Balaban J connectivity index is 1.95. The Morgan fingerprint density at radius 3 is 2.40 bits per heavy atom. The molecule has 0 aliphatic carbocycles. The van der Waals surface area contributed by atoms with Crippen molar-refractivity contribution in [3.05, 3.63) is 65.7 Å². The van der Waals surface area contributed by atoms with Gasteiger partial charge >= 0.3 is 0 Å². The molecule has 25 heavy (non-hydrogen) atoms. The Labute approximate surface area is 150 Å². The first kappa shape index (κ1) is 19.0. The number of hydrogen-bond donors (Lipinski definition) is 1. The highest BCUT2D eigenvalue weighted by atomic mass is 16.5. The van der Waals surface area contributed by atoms with Crippen LogP contribution in [-0.2, 0) is 4.79 Å². The van der Waals surface area contributed by atoms with Gasteiger partial charge < -0.3 is 15.0 Å². The van der Waals surface area contributed by atoms with Crippen LogP contribution in [0, 0.1) is 0 Å². The van der Waals surface area contributed by atoms with E-state index < -0.39 is 0 Å². The third kappa shape index (κ3) is 5.61. The number of carbonyl (C=O) groups excluding carboxylic acids is 1. The van der Waals surface area contributed by atoms with Crippen LogP contribution in [0.25, 0.3) is 0 Å². The van der Waals surface area contributed by atoms with Crippen LogP contribution in [0.5, 0.6) is 5.75 Å². The van der Waals surface area contributed by atoms with E-state index in [1.54, 1.807) is 7.11 Å². The molecule has 2 rings (SSSR count). The lowest BCUT2D eigenvalue weighted by Crippen LogP contribution is -2.35. The normalized spacial score (nSPS) is 13.3. The first-order valence-electron chi connectivity index (χ1n) is 8.63. The summed E-state index contributed by atoms with van der Waals surface area (Å²) in [6.07, 6.45) is 0.488. The van der Waals surface area contributed by atoms with Crippen LogP contribution >= 0.6 is 0 Å². The number of methoxy groups -OCH3 is 1. The summed E-state index contributed by atoms with van der Waals surface area (Å²) in [7, 11) is 5.70. The van der Waals surface area contributed by atoms with E-state index in [1.807, 2.05) is 50.5 Å². The van der Waals surface area contributed by atoms with Gasteiger partial charge in [0.1, 0.15) is 5.75 Å². The Morgan fingerprint density at radius 2 is 1.76 bits per heavy atom. The molecule has 0 fully saturated rings. The number of nitrogens with one attached hydrogen (secondary N) is 1. The third-order valence-electron chi connectivity index (χ3n) is 4.45. The first-order chi connectivity index (χ1) is 12.0. The molecule has 134 valence electrons. The van der Waals surface area contributed by atoms with Gasteiger partial charge in [0.05, 0.1) is 13.2 Å². The highest BCUT2D eigenvalue weighted by Gasteiger charge is 2.17. The Hall–Kier alpha value is -2.33. The molecule has 4 heteroatoms. The van der Waals surface area contributed by atoms with Crippen LogP contribution in [0.4, 0.5) is 0 Å². The fraction of sp³-hybridized carbons (Fsp3) is 0.381. The molecular weight excluding hydrogens is 312 g/mol. The fourth-order valence-electron chi connectivity index (χ4n) is 2.91. The lowest BCUT2D eigenvalue weighted by molar-refractivity contribution is -0.121. The van der Waals surface area contributed by atoms with Gasteiger partial charge in [-0.05, 0) is 43.3 Å². The second-order valence-corrected chi connectivity index (χ2v) is 6.58. The Bertz CT molecular complexity index is 671. The van der Waals surface area contributed by atoms with Gasteiger partial charge in [-0.15, -0.1) is 0 Å². The number of carbonyl (C=O) groups is 1. The van der Waals surface area contributed by atoms with E-state index in [0.29, 0.717) is 13.0 Å². The Kier molecular flexibility index (Phi) is 7.02. The molecule has 1 amide bonds. The summed E-state index contributed by atoms with van der Waals surface area (Å²) in [5.41, 5.74) is 2.32. The molecule has 2 atom stereocenters. The smallest absolute Gasteiger partial charge is 0.220 e. The second kappa shape index (κ2) is 9.23. The molecule has 2 unspecified atom stereocenters. The number of nitrogens with zero attached hydrogens (tertiary/aromatic N) is 1.